The number of hydrogen-bond acceptors (Lipinski definition) is 5. The van der Waals surface area contributed by atoms with Gasteiger partial charge in [-0.25, -0.2) is 13.4 Å². The van der Waals surface area contributed by atoms with Crippen molar-refractivity contribution in [2.75, 3.05) is 16.6 Å². The second-order valence-electron chi connectivity index (χ2n) is 10.7. The van der Waals surface area contributed by atoms with Crippen LogP contribution in [-0.4, -0.2) is 25.7 Å². The number of carbonyl (C=O) groups is 1. The molecule has 0 unspecified atom stereocenters. The summed E-state index contributed by atoms with van der Waals surface area (Å²) in [5, 5.41) is 1.97. The third kappa shape index (κ3) is 14.3. The predicted molar refractivity (Wildman–Crippen MR) is 207 cm³/mol. The molecule has 0 radical (unpaired) electrons. The molecule has 260 valence electrons. The second kappa shape index (κ2) is 23.6. The third-order valence-electron chi connectivity index (χ3n) is 7.08. The summed E-state index contributed by atoms with van der Waals surface area (Å²) in [4.78, 5) is 15.1. The summed E-state index contributed by atoms with van der Waals surface area (Å²) in [7, 11) is -3.70. The van der Waals surface area contributed by atoms with Crippen LogP contribution in [-0.2, 0) is 14.8 Å². The van der Waals surface area contributed by atoms with E-state index in [-0.39, 0.29) is 5.78 Å². The highest BCUT2D eigenvalue weighted by atomic mass is 32.2. The monoisotopic (exact) mass is 663 g/mol. The highest BCUT2D eigenvalue weighted by molar-refractivity contribution is 7.92. The van der Waals surface area contributed by atoms with Gasteiger partial charge in [-0.1, -0.05) is 123 Å². The molecule has 0 spiro atoms. The minimum atomic E-state index is -3.70. The van der Waals surface area contributed by atoms with Crippen molar-refractivity contribution < 1.29 is 13.2 Å². The topological polar surface area (TPSA) is 93.4 Å². The van der Waals surface area contributed by atoms with E-state index in [0.717, 1.165) is 46.6 Å². The Morgan fingerprint density at radius 2 is 1.23 bits per heavy atom. The van der Waals surface area contributed by atoms with Crippen molar-refractivity contribution in [2.24, 2.45) is 0 Å². The largest absolute Gasteiger partial charge is 0.399 e. The number of carbonyl (C=O) groups excluding carboxylic acids is 1. The maximum absolute atomic E-state index is 13.7. The summed E-state index contributed by atoms with van der Waals surface area (Å²) in [6.45, 7) is 23.2. The number of anilines is 2. The predicted octanol–water partition coefficient (Wildman–Crippen LogP) is 11.5. The van der Waals surface area contributed by atoms with E-state index in [2.05, 4.69) is 19.6 Å². The van der Waals surface area contributed by atoms with E-state index in [4.69, 9.17) is 10.7 Å². The van der Waals surface area contributed by atoms with Crippen molar-refractivity contribution in [2.45, 2.75) is 119 Å². The van der Waals surface area contributed by atoms with Gasteiger partial charge in [0.1, 0.15) is 0 Å². The van der Waals surface area contributed by atoms with E-state index in [1.54, 1.807) is 23.4 Å². The molecule has 1 heterocycles. The summed E-state index contributed by atoms with van der Waals surface area (Å²) in [6, 6.07) is 20.5. The number of benzene rings is 3. The van der Waals surface area contributed by atoms with Crippen molar-refractivity contribution in [3.63, 3.8) is 0 Å². The molecule has 6 nitrogen and oxygen atoms in total. The number of unbranched alkanes of at least 4 members (excludes halogenated alkanes) is 6. The van der Waals surface area contributed by atoms with Gasteiger partial charge in [-0.15, -0.1) is 0 Å². The number of hydrogen-bond donors (Lipinski definition) is 1. The molecule has 4 rings (SSSR count). The molecule has 3 aromatic carbocycles. The van der Waals surface area contributed by atoms with Crippen molar-refractivity contribution in [3.8, 4) is 0 Å². The first kappa shape index (κ1) is 43.3. The molecule has 2 N–H and O–H groups in total. The van der Waals surface area contributed by atoms with Gasteiger partial charge in [0, 0.05) is 23.0 Å². The fraction of sp³-hybridized carbons (Fsp3) is 0.450. The van der Waals surface area contributed by atoms with E-state index in [1.807, 2.05) is 97.0 Å². The summed E-state index contributed by atoms with van der Waals surface area (Å²) >= 11 is 0. The molecule has 4 aromatic rings. The molecule has 0 aliphatic rings. The zero-order chi connectivity index (χ0) is 36.0. The number of pyridine rings is 1. The van der Waals surface area contributed by atoms with Gasteiger partial charge >= 0.3 is 0 Å². The van der Waals surface area contributed by atoms with Crippen LogP contribution in [0.25, 0.3) is 21.8 Å². The van der Waals surface area contributed by atoms with Crippen molar-refractivity contribution >= 4 is 49.0 Å². The molecule has 1 aromatic heterocycles. The Hall–Kier alpha value is -3.71. The second-order valence-corrected chi connectivity index (χ2v) is 12.5. The molecule has 0 saturated carbocycles. The van der Waals surface area contributed by atoms with Gasteiger partial charge in [0.2, 0.25) is 0 Å². The fourth-order valence-electron chi connectivity index (χ4n) is 4.42. The average molecular weight is 664 g/mol. The number of aryl methyl sites for hydroxylation is 1. The minimum absolute atomic E-state index is 0.0648. The standard InChI is InChI=1S/C29H35N3O2S.C5H8O.3C2H6/c1-3-4-5-6-7-8-9-18-32(35(33,34)27-16-10-22(2)11-17-27)26-15-13-24-19-23-12-14-25(30)20-28(23)31-29(24)21-26;1-4(2)5(3)6;3*1-2/h10-17,19-21H,3-9,18,30H2,1-2H3;1H2,2-3H3;3*1-2H3. The maximum Gasteiger partial charge on any atom is 0.264 e. The van der Waals surface area contributed by atoms with E-state index < -0.39 is 10.0 Å². The molecule has 0 amide bonds. The van der Waals surface area contributed by atoms with E-state index in [9.17, 15) is 13.2 Å². The highest BCUT2D eigenvalue weighted by Gasteiger charge is 2.25. The number of allylic oxidation sites excluding steroid dienone is 1. The molecule has 0 atom stereocenters. The number of nitrogens with two attached hydrogens (primary N) is 1. The van der Waals surface area contributed by atoms with Crippen molar-refractivity contribution in [1.82, 2.24) is 4.98 Å². The average Bonchev–Trinajstić information content (AvgIpc) is 3.08. The Labute approximate surface area is 286 Å². The van der Waals surface area contributed by atoms with Crippen LogP contribution in [0.5, 0.6) is 0 Å². The van der Waals surface area contributed by atoms with Gasteiger partial charge in [0.05, 0.1) is 21.6 Å². The highest BCUT2D eigenvalue weighted by Crippen LogP contribution is 2.29. The molecular weight excluding hydrogens is 603 g/mol. The molecule has 7 heteroatoms. The van der Waals surface area contributed by atoms with Crippen LogP contribution >= 0.6 is 0 Å². The normalized spacial score (nSPS) is 10.2. The van der Waals surface area contributed by atoms with Gasteiger partial charge < -0.3 is 5.73 Å². The number of ketones is 1. The molecule has 0 saturated heterocycles. The number of sulfonamides is 1. The van der Waals surface area contributed by atoms with E-state index in [0.29, 0.717) is 28.4 Å². The molecular formula is C40H61N3O3S. The first-order valence-corrected chi connectivity index (χ1v) is 18.8. The Bertz CT molecular complexity index is 1580. The summed E-state index contributed by atoms with van der Waals surface area (Å²) in [5.74, 6) is 0.0648. The lowest BCUT2D eigenvalue weighted by atomic mass is 10.1. The first-order valence-electron chi connectivity index (χ1n) is 17.4. The van der Waals surface area contributed by atoms with Gasteiger partial charge in [0.25, 0.3) is 10.0 Å². The van der Waals surface area contributed by atoms with Crippen LogP contribution in [0, 0.1) is 6.92 Å². The Balaban J connectivity index is 0.00000154. The molecule has 0 fully saturated rings. The smallest absolute Gasteiger partial charge is 0.264 e. The number of Topliss-reactive ketones (excluding diaryl/α,β-unsaturated/α-hetero) is 1. The number of rotatable bonds is 12. The van der Waals surface area contributed by atoms with Crippen LogP contribution < -0.4 is 10.0 Å². The van der Waals surface area contributed by atoms with Crippen LogP contribution in [0.1, 0.15) is 113 Å². The van der Waals surface area contributed by atoms with E-state index >= 15 is 0 Å². The number of aromatic nitrogens is 1. The van der Waals surface area contributed by atoms with E-state index in [1.165, 1.54) is 32.6 Å². The molecule has 47 heavy (non-hydrogen) atoms. The molecule has 0 aliphatic heterocycles. The van der Waals surface area contributed by atoms with Gasteiger partial charge in [0.15, 0.2) is 5.78 Å². The van der Waals surface area contributed by atoms with Crippen LogP contribution in [0.3, 0.4) is 0 Å². The van der Waals surface area contributed by atoms with Crippen LogP contribution in [0.4, 0.5) is 11.4 Å². The molecule has 0 aliphatic carbocycles. The summed E-state index contributed by atoms with van der Waals surface area (Å²) < 4.78 is 29.0. The summed E-state index contributed by atoms with van der Waals surface area (Å²) in [6.07, 6.45) is 7.89. The SMILES string of the molecule is C=C(C)C(C)=O.CC.CC.CC.CCCCCCCCCN(c1ccc2cc3ccc(N)cc3nc2c1)S(=O)(=O)c1ccc(C)cc1. The Morgan fingerprint density at radius 3 is 1.77 bits per heavy atom. The van der Waals surface area contributed by atoms with Crippen molar-refractivity contribution in [1.29, 1.82) is 0 Å². The number of fused-ring (bicyclic) bond motifs is 2. The molecule has 0 bridgehead atoms. The summed E-state index contributed by atoms with van der Waals surface area (Å²) in [5.41, 5.74) is 10.5. The lowest BCUT2D eigenvalue weighted by Gasteiger charge is -2.25. The number of nitrogens with zero attached hydrogens (tertiary/aromatic N) is 2. The van der Waals surface area contributed by atoms with Crippen LogP contribution in [0.15, 0.2) is 83.8 Å². The van der Waals surface area contributed by atoms with Crippen molar-refractivity contribution in [3.05, 3.63) is 84.4 Å². The lowest BCUT2D eigenvalue weighted by molar-refractivity contribution is -0.113. The lowest BCUT2D eigenvalue weighted by Crippen LogP contribution is -2.32. The Morgan fingerprint density at radius 1 is 0.745 bits per heavy atom. The third-order valence-corrected chi connectivity index (χ3v) is 8.92. The number of nitrogen functional groups attached to an aromatic ring is 1. The fourth-order valence-corrected chi connectivity index (χ4v) is 5.92. The zero-order valence-corrected chi connectivity index (χ0v) is 31.6. The van der Waals surface area contributed by atoms with Gasteiger partial charge in [-0.05, 0) is 75.2 Å². The van der Waals surface area contributed by atoms with Crippen LogP contribution in [0.2, 0.25) is 0 Å². The van der Waals surface area contributed by atoms with Gasteiger partial charge in [-0.3, -0.25) is 9.10 Å². The van der Waals surface area contributed by atoms with Gasteiger partial charge in [-0.2, -0.15) is 0 Å². The quantitative estimate of drug-likeness (QED) is 0.0704. The Kier molecular flexibility index (Phi) is 21.7. The zero-order valence-electron chi connectivity index (χ0n) is 30.8. The first-order chi connectivity index (χ1) is 22.5. The maximum atomic E-state index is 13.7. The minimum Gasteiger partial charge on any atom is -0.399 e.